The zero-order valence-electron chi connectivity index (χ0n) is 12.8. The van der Waals surface area contributed by atoms with Gasteiger partial charge in [0.2, 0.25) is 0 Å². The number of hydrogen-bond acceptors (Lipinski definition) is 2. The Labute approximate surface area is 128 Å². The minimum absolute atomic E-state index is 0.560. The van der Waals surface area contributed by atoms with Gasteiger partial charge in [-0.2, -0.15) is 0 Å². The van der Waals surface area contributed by atoms with Gasteiger partial charge in [-0.05, 0) is 31.7 Å². The molecule has 3 heteroatoms. The molecule has 1 saturated carbocycles. The lowest BCUT2D eigenvalue weighted by atomic mass is 9.81. The van der Waals surface area contributed by atoms with Gasteiger partial charge in [-0.15, -0.1) is 0 Å². The molecular formula is C16H31BrN2. The van der Waals surface area contributed by atoms with Crippen LogP contribution in [0.5, 0.6) is 0 Å². The third-order valence-electron chi connectivity index (χ3n) is 5.26. The topological polar surface area (TPSA) is 6.48 Å². The van der Waals surface area contributed by atoms with E-state index < -0.39 is 0 Å². The molecule has 0 aromatic carbocycles. The smallest absolute Gasteiger partial charge is 0.0195 e. The molecular weight excluding hydrogens is 300 g/mol. The second-order valence-electron chi connectivity index (χ2n) is 6.76. The monoisotopic (exact) mass is 330 g/mol. The minimum atomic E-state index is 0.560. The molecule has 0 amide bonds. The molecule has 2 rings (SSSR count). The third-order valence-corrected chi connectivity index (χ3v) is 6.45. The van der Waals surface area contributed by atoms with Crippen molar-refractivity contribution in [1.82, 2.24) is 9.80 Å². The average molecular weight is 331 g/mol. The van der Waals surface area contributed by atoms with Gasteiger partial charge < -0.3 is 0 Å². The van der Waals surface area contributed by atoms with Gasteiger partial charge in [-0.25, -0.2) is 0 Å². The first-order valence-electron chi connectivity index (χ1n) is 8.21. The normalized spacial score (nSPS) is 30.2. The second-order valence-corrected chi connectivity index (χ2v) is 7.32. The Hall–Kier alpha value is 0.400. The molecule has 0 N–H and O–H groups in total. The lowest BCUT2D eigenvalue weighted by molar-refractivity contribution is 0.0551. The largest absolute Gasteiger partial charge is 0.300 e. The fraction of sp³-hybridized carbons (Fsp3) is 1.00. The highest BCUT2D eigenvalue weighted by Crippen LogP contribution is 2.37. The predicted molar refractivity (Wildman–Crippen MR) is 87.1 cm³/mol. The Morgan fingerprint density at radius 2 is 1.79 bits per heavy atom. The predicted octanol–water partition coefficient (Wildman–Crippen LogP) is 3.75. The zero-order valence-corrected chi connectivity index (χ0v) is 14.4. The summed E-state index contributed by atoms with van der Waals surface area (Å²) in [6.07, 6.45) is 8.65. The molecule has 0 aromatic heterocycles. The quantitative estimate of drug-likeness (QED) is 0.572. The first kappa shape index (κ1) is 15.8. The highest BCUT2D eigenvalue weighted by Gasteiger charge is 2.34. The molecule has 0 spiro atoms. The molecule has 1 unspecified atom stereocenters. The molecule has 112 valence electrons. The SMILES string of the molecule is CCN1CCN(CC2(CBr)CCCCCC2)CC1C. The molecule has 2 nitrogen and oxygen atoms in total. The Bertz CT molecular complexity index is 261. The van der Waals surface area contributed by atoms with Crippen molar-refractivity contribution in [3.05, 3.63) is 0 Å². The minimum Gasteiger partial charge on any atom is -0.300 e. The van der Waals surface area contributed by atoms with Crippen LogP contribution < -0.4 is 0 Å². The van der Waals surface area contributed by atoms with Crippen molar-refractivity contribution < 1.29 is 0 Å². The van der Waals surface area contributed by atoms with Gasteiger partial charge in [0.25, 0.3) is 0 Å². The maximum Gasteiger partial charge on any atom is 0.0195 e. The molecule has 0 radical (unpaired) electrons. The van der Waals surface area contributed by atoms with Gasteiger partial charge in [-0.3, -0.25) is 9.80 Å². The standard InChI is InChI=1S/C16H31BrN2/c1-3-19-11-10-18(12-15(19)2)14-16(13-17)8-6-4-5-7-9-16/h15H,3-14H2,1-2H3. The van der Waals surface area contributed by atoms with Gasteiger partial charge in [-0.1, -0.05) is 48.5 Å². The van der Waals surface area contributed by atoms with E-state index in [2.05, 4.69) is 39.6 Å². The van der Waals surface area contributed by atoms with Crippen LogP contribution in [0.2, 0.25) is 0 Å². The van der Waals surface area contributed by atoms with E-state index >= 15 is 0 Å². The molecule has 1 aliphatic heterocycles. The van der Waals surface area contributed by atoms with Crippen molar-refractivity contribution in [3.63, 3.8) is 0 Å². The van der Waals surface area contributed by atoms with E-state index in [0.717, 1.165) is 6.04 Å². The van der Waals surface area contributed by atoms with Crippen LogP contribution in [0.4, 0.5) is 0 Å². The molecule has 19 heavy (non-hydrogen) atoms. The number of likely N-dealkylation sites (N-methyl/N-ethyl adjacent to an activating group) is 1. The highest BCUT2D eigenvalue weighted by atomic mass is 79.9. The van der Waals surface area contributed by atoms with Crippen molar-refractivity contribution >= 4 is 15.9 Å². The lowest BCUT2D eigenvalue weighted by Gasteiger charge is -2.44. The summed E-state index contributed by atoms with van der Waals surface area (Å²) in [5, 5.41) is 1.20. The Balaban J connectivity index is 1.91. The molecule has 0 aromatic rings. The summed E-state index contributed by atoms with van der Waals surface area (Å²) in [4.78, 5) is 5.35. The number of halogens is 1. The van der Waals surface area contributed by atoms with Crippen LogP contribution in [0.3, 0.4) is 0 Å². The lowest BCUT2D eigenvalue weighted by Crippen LogP contribution is -2.54. The number of rotatable bonds is 4. The Kier molecular flexibility index (Phi) is 6.16. The van der Waals surface area contributed by atoms with Crippen LogP contribution in [0.15, 0.2) is 0 Å². The van der Waals surface area contributed by atoms with E-state index in [1.807, 2.05) is 0 Å². The van der Waals surface area contributed by atoms with Crippen molar-refractivity contribution in [2.24, 2.45) is 5.41 Å². The maximum absolute atomic E-state index is 3.83. The fourth-order valence-electron chi connectivity index (χ4n) is 3.97. The average Bonchev–Trinajstić information content (AvgIpc) is 2.65. The van der Waals surface area contributed by atoms with Crippen molar-refractivity contribution in [2.75, 3.05) is 38.1 Å². The van der Waals surface area contributed by atoms with Crippen LogP contribution in [0.25, 0.3) is 0 Å². The van der Waals surface area contributed by atoms with Crippen LogP contribution in [-0.2, 0) is 0 Å². The Morgan fingerprint density at radius 1 is 1.11 bits per heavy atom. The zero-order chi connectivity index (χ0) is 13.7. The number of nitrogens with zero attached hydrogens (tertiary/aromatic N) is 2. The molecule has 1 atom stereocenters. The van der Waals surface area contributed by atoms with Gasteiger partial charge in [0.05, 0.1) is 0 Å². The van der Waals surface area contributed by atoms with Gasteiger partial charge >= 0.3 is 0 Å². The third kappa shape index (κ3) is 4.18. The van der Waals surface area contributed by atoms with Crippen LogP contribution in [0.1, 0.15) is 52.4 Å². The first-order chi connectivity index (χ1) is 9.19. The summed E-state index contributed by atoms with van der Waals surface area (Å²) in [5.74, 6) is 0. The van der Waals surface area contributed by atoms with E-state index in [1.165, 1.54) is 76.6 Å². The van der Waals surface area contributed by atoms with Crippen molar-refractivity contribution in [2.45, 2.75) is 58.4 Å². The molecule has 2 fully saturated rings. The first-order valence-corrected chi connectivity index (χ1v) is 9.33. The summed E-state index contributed by atoms with van der Waals surface area (Å²) >= 11 is 3.83. The van der Waals surface area contributed by atoms with Gasteiger partial charge in [0.1, 0.15) is 0 Å². The highest BCUT2D eigenvalue weighted by molar-refractivity contribution is 9.09. The van der Waals surface area contributed by atoms with E-state index in [-0.39, 0.29) is 0 Å². The molecule has 1 heterocycles. The molecule has 1 saturated heterocycles. The summed E-state index contributed by atoms with van der Waals surface area (Å²) < 4.78 is 0. The van der Waals surface area contributed by atoms with E-state index in [9.17, 15) is 0 Å². The van der Waals surface area contributed by atoms with Crippen molar-refractivity contribution in [3.8, 4) is 0 Å². The van der Waals surface area contributed by atoms with Crippen LogP contribution in [-0.4, -0.2) is 53.9 Å². The molecule has 0 bridgehead atoms. The summed E-state index contributed by atoms with van der Waals surface area (Å²) in [6.45, 7) is 11.0. The number of piperazine rings is 1. The number of hydrogen-bond donors (Lipinski definition) is 0. The Morgan fingerprint density at radius 3 is 2.32 bits per heavy atom. The maximum atomic E-state index is 3.83. The summed E-state index contributed by atoms with van der Waals surface area (Å²) in [6, 6.07) is 0.733. The van der Waals surface area contributed by atoms with E-state index in [0.29, 0.717) is 5.41 Å². The fourth-order valence-corrected chi connectivity index (χ4v) is 4.71. The van der Waals surface area contributed by atoms with E-state index in [1.54, 1.807) is 0 Å². The van der Waals surface area contributed by atoms with Gasteiger partial charge in [0, 0.05) is 37.6 Å². The molecule has 1 aliphatic carbocycles. The van der Waals surface area contributed by atoms with Crippen molar-refractivity contribution in [1.29, 1.82) is 0 Å². The second kappa shape index (κ2) is 7.42. The summed E-state index contributed by atoms with van der Waals surface area (Å²) in [5.41, 5.74) is 0.560. The van der Waals surface area contributed by atoms with E-state index in [4.69, 9.17) is 0 Å². The molecule has 2 aliphatic rings. The summed E-state index contributed by atoms with van der Waals surface area (Å²) in [7, 11) is 0. The number of alkyl halides is 1. The van der Waals surface area contributed by atoms with Gasteiger partial charge in [0.15, 0.2) is 0 Å². The van der Waals surface area contributed by atoms with Crippen LogP contribution in [0, 0.1) is 5.41 Å². The van der Waals surface area contributed by atoms with Crippen LogP contribution >= 0.6 is 15.9 Å².